The molecule has 3 heterocycles. The Labute approximate surface area is 247 Å². The number of nitrogens with zero attached hydrogens (tertiary/aromatic N) is 3. The number of imidazole rings is 1. The molecule has 1 fully saturated rings. The number of H-pyrrole nitrogens is 1. The number of ether oxygens (including phenoxy) is 2. The summed E-state index contributed by atoms with van der Waals surface area (Å²) in [5.41, 5.74) is 4.61. The highest BCUT2D eigenvalue weighted by atomic mass is 35.5. The van der Waals surface area contributed by atoms with E-state index in [1.54, 1.807) is 32.0 Å². The fraction of sp³-hybridized carbons (Fsp3) is 0.462. The van der Waals surface area contributed by atoms with Crippen molar-refractivity contribution in [1.29, 1.82) is 0 Å². The van der Waals surface area contributed by atoms with Crippen LogP contribution in [0, 0.1) is 17.8 Å². The molecule has 1 saturated heterocycles. The van der Waals surface area contributed by atoms with Crippen molar-refractivity contribution in [1.82, 2.24) is 19.5 Å². The minimum atomic E-state index is -4.59. The molecule has 0 amide bonds. The lowest BCUT2D eigenvalue weighted by Crippen LogP contribution is -2.41. The zero-order chi connectivity index (χ0) is 32.4. The summed E-state index contributed by atoms with van der Waals surface area (Å²) < 4.78 is 68.0. The summed E-state index contributed by atoms with van der Waals surface area (Å²) in [4.78, 5) is 32.9. The first kappa shape index (κ1) is 28.6. The van der Waals surface area contributed by atoms with Gasteiger partial charge in [-0.05, 0) is 26.0 Å². The Hall–Kier alpha value is -3.47. The molecule has 1 aromatic carbocycles. The normalized spacial score (nSPS) is 25.2. The number of carbonyl (C=O) groups excluding carboxylic acids is 1. The quantitative estimate of drug-likeness (QED) is 0.130. The zero-order valence-corrected chi connectivity index (χ0v) is 24.3. The van der Waals surface area contributed by atoms with Crippen LogP contribution in [0.15, 0.2) is 41.5 Å². The van der Waals surface area contributed by atoms with Gasteiger partial charge < -0.3 is 24.8 Å². The summed E-state index contributed by atoms with van der Waals surface area (Å²) in [6, 6.07) is 7.71. The topological polar surface area (TPSA) is 181 Å². The van der Waals surface area contributed by atoms with Crippen LogP contribution in [0.3, 0.4) is 0 Å². The van der Waals surface area contributed by atoms with Crippen LogP contribution in [-0.2, 0) is 23.4 Å². The van der Waals surface area contributed by atoms with Crippen molar-refractivity contribution >= 4 is 42.3 Å². The SMILES string of the molecule is [2H]C([2H])(O[P@@](=O)(C[C@@H](C)C(=O)OC(C)C)Oc1ccccc1)[C@H]1O[C@@H](n2cnc3c(=O)[nH]c(N)nc32)C(Cl)(C#CCF)[C@H]1O. The van der Waals surface area contributed by atoms with Gasteiger partial charge in [-0.1, -0.05) is 48.6 Å². The molecule has 3 aromatic rings. The van der Waals surface area contributed by atoms with Crippen molar-refractivity contribution in [2.75, 3.05) is 25.1 Å². The molecule has 16 heteroatoms. The van der Waals surface area contributed by atoms with Crippen LogP contribution >= 0.6 is 19.2 Å². The molecule has 0 bridgehead atoms. The maximum Gasteiger partial charge on any atom is 0.380 e. The number of aliphatic hydroxyl groups excluding tert-OH is 1. The number of nitrogen functional groups attached to an aromatic ring is 1. The number of nitrogens with one attached hydrogen (secondary N) is 1. The van der Waals surface area contributed by atoms with Crippen molar-refractivity contribution in [3.8, 4) is 17.6 Å². The summed E-state index contributed by atoms with van der Waals surface area (Å²) in [7, 11) is -4.59. The molecule has 4 N–H and O–H groups in total. The fourth-order valence-electron chi connectivity index (χ4n) is 4.08. The highest BCUT2D eigenvalue weighted by Crippen LogP contribution is 2.52. The zero-order valence-electron chi connectivity index (χ0n) is 24.7. The molecule has 0 radical (unpaired) electrons. The monoisotopic (exact) mass is 627 g/mol. The molecule has 226 valence electrons. The Morgan fingerprint density at radius 2 is 2.12 bits per heavy atom. The molecule has 4 rings (SSSR count). The number of halogens is 2. The van der Waals surface area contributed by atoms with Gasteiger partial charge in [0.25, 0.3) is 5.56 Å². The molecule has 0 aliphatic carbocycles. The van der Waals surface area contributed by atoms with Crippen LogP contribution in [-0.4, -0.2) is 73.2 Å². The third kappa shape index (κ3) is 6.77. The second kappa shape index (κ2) is 12.8. The number of hydrogen-bond donors (Lipinski definition) is 3. The summed E-state index contributed by atoms with van der Waals surface area (Å²) in [6.45, 7) is 0.341. The number of carbonyl (C=O) groups is 1. The first-order valence-electron chi connectivity index (χ1n) is 13.7. The Kier molecular flexibility index (Phi) is 8.73. The van der Waals surface area contributed by atoms with Crippen LogP contribution in [0.25, 0.3) is 11.2 Å². The van der Waals surface area contributed by atoms with Gasteiger partial charge >= 0.3 is 13.6 Å². The smallest absolute Gasteiger partial charge is 0.380 e. The Morgan fingerprint density at radius 3 is 2.79 bits per heavy atom. The second-order valence-corrected chi connectivity index (χ2v) is 12.2. The third-order valence-electron chi connectivity index (χ3n) is 5.95. The highest BCUT2D eigenvalue weighted by molar-refractivity contribution is 7.54. The van der Waals surface area contributed by atoms with E-state index in [1.807, 2.05) is 0 Å². The number of rotatable bonds is 10. The number of aliphatic hydroxyl groups is 1. The molecule has 0 saturated carbocycles. The lowest BCUT2D eigenvalue weighted by molar-refractivity contribution is -0.151. The van der Waals surface area contributed by atoms with Gasteiger partial charge in [0.1, 0.15) is 24.6 Å². The van der Waals surface area contributed by atoms with E-state index in [0.717, 1.165) is 10.9 Å². The van der Waals surface area contributed by atoms with Gasteiger partial charge in [0.05, 0.1) is 33.8 Å². The van der Waals surface area contributed by atoms with Crippen LogP contribution in [0.1, 0.15) is 29.7 Å². The maximum atomic E-state index is 14.1. The summed E-state index contributed by atoms with van der Waals surface area (Å²) in [5.74, 6) is 2.40. The fourth-order valence-corrected chi connectivity index (χ4v) is 6.14. The molecule has 1 aliphatic rings. The van der Waals surface area contributed by atoms with Gasteiger partial charge in [0.2, 0.25) is 5.95 Å². The molecule has 1 unspecified atom stereocenters. The van der Waals surface area contributed by atoms with Gasteiger partial charge in [-0.2, -0.15) is 4.98 Å². The van der Waals surface area contributed by atoms with E-state index in [-0.39, 0.29) is 22.9 Å². The number of alkyl halides is 2. The minimum Gasteiger partial charge on any atom is -0.463 e. The largest absolute Gasteiger partial charge is 0.463 e. The number of para-hydroxylation sites is 1. The van der Waals surface area contributed by atoms with E-state index in [1.165, 1.54) is 19.1 Å². The second-order valence-electron chi connectivity index (χ2n) is 9.63. The first-order valence-corrected chi connectivity index (χ1v) is 14.8. The number of aromatic amines is 1. The molecule has 0 spiro atoms. The van der Waals surface area contributed by atoms with Crippen molar-refractivity contribution in [3.63, 3.8) is 0 Å². The molecular formula is C26H30ClFN5O8P. The van der Waals surface area contributed by atoms with Gasteiger partial charge in [0, 0.05) is 0 Å². The molecule has 1 aliphatic heterocycles. The molecule has 6 atom stereocenters. The number of benzene rings is 1. The van der Waals surface area contributed by atoms with Gasteiger partial charge in [-0.3, -0.25) is 23.7 Å². The van der Waals surface area contributed by atoms with Crippen molar-refractivity contribution < 1.29 is 40.1 Å². The van der Waals surface area contributed by atoms with Gasteiger partial charge in [0.15, 0.2) is 22.3 Å². The van der Waals surface area contributed by atoms with Crippen LogP contribution in [0.4, 0.5) is 10.3 Å². The first-order chi connectivity index (χ1) is 20.6. The van der Waals surface area contributed by atoms with Gasteiger partial charge in [-0.15, -0.1) is 0 Å². The lowest BCUT2D eigenvalue weighted by atomic mass is 9.99. The number of hydrogen-bond acceptors (Lipinski definition) is 11. The van der Waals surface area contributed by atoms with E-state index < -0.39 is 73.9 Å². The lowest BCUT2D eigenvalue weighted by Gasteiger charge is -2.26. The number of fused-ring (bicyclic) bond motifs is 1. The standard InChI is InChI=1S/C26H30ClFN5O8P/c1-15(2)39-23(36)16(3)13-42(37,41-17-8-5-4-6-9-17)38-12-18-20(34)26(27,10-7-11-28)24(40-18)33-14-30-19-21(33)31-25(29)32-22(19)35/h4-6,8-9,14-16,18,20,24,34H,11-13H2,1-3H3,(H3,29,31,32,35)/t16-,18-,20+,24-,26?,42+/m1/s1/i12D2. The van der Waals surface area contributed by atoms with Crippen molar-refractivity contribution in [3.05, 3.63) is 47.0 Å². The van der Waals surface area contributed by atoms with E-state index in [2.05, 4.69) is 26.8 Å². The predicted molar refractivity (Wildman–Crippen MR) is 151 cm³/mol. The van der Waals surface area contributed by atoms with E-state index in [0.29, 0.717) is 0 Å². The van der Waals surface area contributed by atoms with Crippen molar-refractivity contribution in [2.24, 2.45) is 5.92 Å². The molecular weight excluding hydrogens is 596 g/mol. The molecule has 42 heavy (non-hydrogen) atoms. The Morgan fingerprint density at radius 1 is 1.40 bits per heavy atom. The summed E-state index contributed by atoms with van der Waals surface area (Å²) >= 11 is 6.72. The average molecular weight is 628 g/mol. The van der Waals surface area contributed by atoms with Crippen molar-refractivity contribution in [2.45, 2.75) is 50.2 Å². The Balaban J connectivity index is 1.73. The maximum absolute atomic E-state index is 14.1. The van der Waals surface area contributed by atoms with Crippen LogP contribution < -0.4 is 15.8 Å². The van der Waals surface area contributed by atoms with Gasteiger partial charge in [-0.25, -0.2) is 13.9 Å². The Bertz CT molecular complexity index is 1680. The van der Waals surface area contributed by atoms with E-state index in [4.69, 9.17) is 38.6 Å². The average Bonchev–Trinajstić information content (AvgIpc) is 3.46. The summed E-state index contributed by atoms with van der Waals surface area (Å²) in [5, 5.41) is 11.3. The minimum absolute atomic E-state index is 0.0427. The molecule has 13 nitrogen and oxygen atoms in total. The van der Waals surface area contributed by atoms with E-state index in [9.17, 15) is 23.7 Å². The number of anilines is 1. The third-order valence-corrected chi connectivity index (χ3v) is 8.32. The molecule has 2 aromatic heterocycles. The van der Waals surface area contributed by atoms with E-state index >= 15 is 0 Å². The summed E-state index contributed by atoms with van der Waals surface area (Å²) in [6.07, 6.45) is -5.77. The predicted octanol–water partition coefficient (Wildman–Crippen LogP) is 2.79. The number of aromatic nitrogens is 4. The number of esters is 1. The van der Waals surface area contributed by atoms with Crippen LogP contribution in [0.5, 0.6) is 5.75 Å². The number of nitrogens with two attached hydrogens (primary N) is 1. The van der Waals surface area contributed by atoms with Crippen LogP contribution in [0.2, 0.25) is 0 Å². The highest BCUT2D eigenvalue weighted by Gasteiger charge is 2.56.